The highest BCUT2D eigenvalue weighted by Gasteiger charge is 2.54. The van der Waals surface area contributed by atoms with Crippen LogP contribution in [0.3, 0.4) is 0 Å². The molecule has 5 atom stereocenters. The molecular formula is C24H25F3O4. The van der Waals surface area contributed by atoms with Gasteiger partial charge in [-0.15, -0.1) is 0 Å². The summed E-state index contributed by atoms with van der Waals surface area (Å²) < 4.78 is 49.8. The van der Waals surface area contributed by atoms with Crippen LogP contribution in [-0.2, 0) is 31.7 Å². The number of ether oxygens (including phenoxy) is 2. The maximum absolute atomic E-state index is 12.9. The molecule has 3 aliphatic rings. The van der Waals surface area contributed by atoms with Crippen molar-refractivity contribution in [1.29, 1.82) is 0 Å². The fourth-order valence-corrected chi connectivity index (χ4v) is 5.39. The van der Waals surface area contributed by atoms with E-state index >= 15 is 0 Å². The Balaban J connectivity index is 1.43. The van der Waals surface area contributed by atoms with Gasteiger partial charge in [0.1, 0.15) is 12.2 Å². The molecule has 1 saturated heterocycles. The van der Waals surface area contributed by atoms with E-state index < -0.39 is 23.8 Å². The van der Waals surface area contributed by atoms with E-state index in [1.807, 2.05) is 0 Å². The molecule has 3 fully saturated rings. The molecule has 0 N–H and O–H groups in total. The highest BCUT2D eigenvalue weighted by Crippen LogP contribution is 2.57. The molecule has 166 valence electrons. The van der Waals surface area contributed by atoms with Crippen molar-refractivity contribution >= 4 is 11.9 Å². The number of rotatable bonds is 3. The zero-order chi connectivity index (χ0) is 22.6. The summed E-state index contributed by atoms with van der Waals surface area (Å²) in [5.74, 6) is -0.916. The van der Waals surface area contributed by atoms with Gasteiger partial charge >= 0.3 is 18.1 Å². The molecule has 0 aromatic heterocycles. The molecule has 4 nitrogen and oxygen atoms in total. The zero-order valence-electron chi connectivity index (χ0n) is 17.3. The molecule has 2 aliphatic carbocycles. The lowest BCUT2D eigenvalue weighted by atomic mass is 9.55. The number of carbonyl (C=O) groups is 2. The SMILES string of the molecule is C=C1C(=O)O[C@@H]2C[C@@]3(C)CC[C@@H](OC(=O)Cc4cccc(C(F)(F)F)c4)C(=C)[C@@H]3C[C@H]12. The number of fused-ring (bicyclic) bond motifs is 2. The normalized spacial score (nSPS) is 32.8. The lowest BCUT2D eigenvalue weighted by Gasteiger charge is -2.51. The fourth-order valence-electron chi connectivity index (χ4n) is 5.39. The number of halogens is 3. The van der Waals surface area contributed by atoms with Crippen LogP contribution in [0.1, 0.15) is 43.7 Å². The van der Waals surface area contributed by atoms with E-state index in [-0.39, 0.29) is 41.3 Å². The van der Waals surface area contributed by atoms with Crippen LogP contribution in [0.4, 0.5) is 13.2 Å². The fraction of sp³-hybridized carbons (Fsp3) is 0.500. The maximum Gasteiger partial charge on any atom is 0.416 e. The van der Waals surface area contributed by atoms with Crippen molar-refractivity contribution in [2.45, 2.75) is 57.4 Å². The predicted octanol–water partition coefficient (Wildman–Crippen LogP) is 5.02. The molecule has 4 rings (SSSR count). The first kappa shape index (κ1) is 21.7. The number of hydrogen-bond acceptors (Lipinski definition) is 4. The Morgan fingerprint density at radius 2 is 2.06 bits per heavy atom. The number of carbonyl (C=O) groups excluding carboxylic acids is 2. The highest BCUT2D eigenvalue weighted by atomic mass is 19.4. The van der Waals surface area contributed by atoms with Gasteiger partial charge in [-0.3, -0.25) is 4.79 Å². The molecule has 1 aromatic rings. The van der Waals surface area contributed by atoms with E-state index in [1.54, 1.807) is 0 Å². The smallest absolute Gasteiger partial charge is 0.416 e. The molecule has 0 radical (unpaired) electrons. The van der Waals surface area contributed by atoms with Gasteiger partial charge in [-0.05, 0) is 54.2 Å². The Bertz CT molecular complexity index is 950. The largest absolute Gasteiger partial charge is 0.458 e. The second-order valence-corrected chi connectivity index (χ2v) is 9.19. The lowest BCUT2D eigenvalue weighted by Crippen LogP contribution is -2.47. The number of alkyl halides is 3. The molecule has 0 amide bonds. The zero-order valence-corrected chi connectivity index (χ0v) is 17.3. The maximum atomic E-state index is 12.9. The second-order valence-electron chi connectivity index (χ2n) is 9.19. The van der Waals surface area contributed by atoms with E-state index in [1.165, 1.54) is 12.1 Å². The van der Waals surface area contributed by atoms with Gasteiger partial charge in [-0.1, -0.05) is 38.3 Å². The van der Waals surface area contributed by atoms with E-state index in [2.05, 4.69) is 20.1 Å². The summed E-state index contributed by atoms with van der Waals surface area (Å²) in [5, 5.41) is 0. The van der Waals surface area contributed by atoms with Gasteiger partial charge in [0.25, 0.3) is 0 Å². The molecule has 1 aliphatic heterocycles. The van der Waals surface area contributed by atoms with Gasteiger partial charge < -0.3 is 9.47 Å². The number of esters is 2. The van der Waals surface area contributed by atoms with Crippen LogP contribution in [-0.4, -0.2) is 24.1 Å². The predicted molar refractivity (Wildman–Crippen MR) is 107 cm³/mol. The van der Waals surface area contributed by atoms with Crippen LogP contribution in [0.2, 0.25) is 0 Å². The standard InChI is InChI=1S/C24H25F3O4/c1-13-17-11-18-14(2)19(7-8-23(18,3)12-20(17)31-22(13)29)30-21(28)10-15-5-4-6-16(9-15)24(25,26)27/h4-6,9,17-20H,1-2,7-8,10-12H2,3H3/t17-,18+,19-,20-,23-/m1/s1. The molecule has 1 aromatic carbocycles. The molecule has 1 heterocycles. The quantitative estimate of drug-likeness (QED) is 0.381. The Hall–Kier alpha value is -2.57. The minimum Gasteiger partial charge on any atom is -0.458 e. The molecule has 7 heteroatoms. The van der Waals surface area contributed by atoms with Gasteiger partial charge in [-0.25, -0.2) is 4.79 Å². The van der Waals surface area contributed by atoms with Crippen molar-refractivity contribution in [1.82, 2.24) is 0 Å². The minimum atomic E-state index is -4.46. The summed E-state index contributed by atoms with van der Waals surface area (Å²) in [7, 11) is 0. The lowest BCUT2D eigenvalue weighted by molar-refractivity contribution is -0.151. The summed E-state index contributed by atoms with van der Waals surface area (Å²) in [6, 6.07) is 4.71. The summed E-state index contributed by atoms with van der Waals surface area (Å²) in [6.07, 6.45) is -2.58. The van der Waals surface area contributed by atoms with Crippen molar-refractivity contribution in [2.24, 2.45) is 17.3 Å². The Morgan fingerprint density at radius 3 is 2.77 bits per heavy atom. The van der Waals surface area contributed by atoms with Crippen molar-refractivity contribution < 1.29 is 32.2 Å². The third-order valence-electron chi connectivity index (χ3n) is 7.13. The van der Waals surface area contributed by atoms with Gasteiger partial charge in [0, 0.05) is 11.5 Å². The molecule has 0 bridgehead atoms. The van der Waals surface area contributed by atoms with E-state index in [0.717, 1.165) is 30.5 Å². The topological polar surface area (TPSA) is 52.6 Å². The van der Waals surface area contributed by atoms with Gasteiger partial charge in [0.15, 0.2) is 0 Å². The average molecular weight is 434 g/mol. The first-order chi connectivity index (χ1) is 14.5. The van der Waals surface area contributed by atoms with Crippen LogP contribution in [0.15, 0.2) is 48.6 Å². The van der Waals surface area contributed by atoms with Crippen LogP contribution >= 0.6 is 0 Å². The molecule has 0 spiro atoms. The molecule has 0 unspecified atom stereocenters. The molecular weight excluding hydrogens is 409 g/mol. The Kier molecular flexibility index (Phi) is 5.26. The Labute approximate surface area is 179 Å². The monoisotopic (exact) mass is 434 g/mol. The van der Waals surface area contributed by atoms with Crippen molar-refractivity contribution in [3.63, 3.8) is 0 Å². The van der Waals surface area contributed by atoms with Gasteiger partial charge in [-0.2, -0.15) is 13.2 Å². The minimum absolute atomic E-state index is 0.0538. The average Bonchev–Trinajstić information content (AvgIpc) is 2.95. The number of benzene rings is 1. The summed E-state index contributed by atoms with van der Waals surface area (Å²) >= 11 is 0. The van der Waals surface area contributed by atoms with Crippen molar-refractivity contribution in [3.05, 3.63) is 59.7 Å². The number of hydrogen-bond donors (Lipinski definition) is 0. The summed E-state index contributed by atoms with van der Waals surface area (Å²) in [4.78, 5) is 24.4. The van der Waals surface area contributed by atoms with E-state index in [4.69, 9.17) is 9.47 Å². The first-order valence-corrected chi connectivity index (χ1v) is 10.4. The second kappa shape index (κ2) is 7.53. The van der Waals surface area contributed by atoms with Crippen molar-refractivity contribution in [2.75, 3.05) is 0 Å². The Morgan fingerprint density at radius 1 is 1.32 bits per heavy atom. The van der Waals surface area contributed by atoms with Crippen LogP contribution in [0.25, 0.3) is 0 Å². The van der Waals surface area contributed by atoms with Crippen LogP contribution in [0.5, 0.6) is 0 Å². The van der Waals surface area contributed by atoms with E-state index in [0.29, 0.717) is 18.4 Å². The highest BCUT2D eigenvalue weighted by molar-refractivity contribution is 5.90. The van der Waals surface area contributed by atoms with Gasteiger partial charge in [0.05, 0.1) is 12.0 Å². The summed E-state index contributed by atoms with van der Waals surface area (Å²) in [5.41, 5.74) is 0.651. The van der Waals surface area contributed by atoms with Crippen LogP contribution < -0.4 is 0 Å². The molecule has 31 heavy (non-hydrogen) atoms. The molecule has 2 saturated carbocycles. The first-order valence-electron chi connectivity index (χ1n) is 10.4. The van der Waals surface area contributed by atoms with Crippen molar-refractivity contribution in [3.8, 4) is 0 Å². The van der Waals surface area contributed by atoms with E-state index in [9.17, 15) is 22.8 Å². The third-order valence-corrected chi connectivity index (χ3v) is 7.13. The summed E-state index contributed by atoms with van der Waals surface area (Å²) in [6.45, 7) is 10.2. The van der Waals surface area contributed by atoms with Crippen LogP contribution in [0, 0.1) is 17.3 Å². The third kappa shape index (κ3) is 4.02. The van der Waals surface area contributed by atoms with Gasteiger partial charge in [0.2, 0.25) is 0 Å².